The van der Waals surface area contributed by atoms with Crippen LogP contribution in [0, 0.1) is 6.92 Å². The molecule has 1 aliphatic rings. The van der Waals surface area contributed by atoms with E-state index in [-0.39, 0.29) is 36.8 Å². The van der Waals surface area contributed by atoms with Crippen LogP contribution >= 0.6 is 23.7 Å². The van der Waals surface area contributed by atoms with Crippen molar-refractivity contribution in [1.29, 1.82) is 0 Å². The lowest BCUT2D eigenvalue weighted by atomic mass is 10.0. The normalized spacial score (nSPS) is 15.6. The first-order valence-electron chi connectivity index (χ1n) is 6.45. The molecule has 0 bridgehead atoms. The quantitative estimate of drug-likeness (QED) is 0.878. The van der Waals surface area contributed by atoms with Crippen LogP contribution < -0.4 is 11.1 Å². The number of carbonyl (C=O) groups is 2. The smallest absolute Gasteiger partial charge is 0.261 e. The minimum absolute atomic E-state index is 0. The van der Waals surface area contributed by atoms with Gasteiger partial charge in [0.2, 0.25) is 5.91 Å². The molecule has 7 heteroatoms. The summed E-state index contributed by atoms with van der Waals surface area (Å²) in [5, 5.41) is 3.03. The van der Waals surface area contributed by atoms with Crippen molar-refractivity contribution < 1.29 is 9.59 Å². The van der Waals surface area contributed by atoms with Crippen LogP contribution in [-0.4, -0.2) is 42.4 Å². The van der Waals surface area contributed by atoms with E-state index in [0.717, 1.165) is 22.6 Å². The van der Waals surface area contributed by atoms with Gasteiger partial charge >= 0.3 is 0 Å². The second-order valence-corrected chi connectivity index (χ2v) is 6.03. The van der Waals surface area contributed by atoms with E-state index in [1.165, 1.54) is 11.3 Å². The third-order valence-electron chi connectivity index (χ3n) is 3.32. The number of hydrogen-bond donors (Lipinski definition) is 2. The Balaban J connectivity index is 0.00000200. The summed E-state index contributed by atoms with van der Waals surface area (Å²) in [6.45, 7) is 3.39. The number of thiophene rings is 1. The Morgan fingerprint density at radius 2 is 2.05 bits per heavy atom. The van der Waals surface area contributed by atoms with Crippen LogP contribution in [0.15, 0.2) is 12.1 Å². The number of amides is 2. The molecular formula is C13H20ClN3O2S. The molecule has 1 fully saturated rings. The highest BCUT2D eigenvalue weighted by molar-refractivity contribution is 7.13. The molecule has 3 N–H and O–H groups in total. The third kappa shape index (κ3) is 4.19. The lowest BCUT2D eigenvalue weighted by molar-refractivity contribution is -0.130. The zero-order valence-corrected chi connectivity index (χ0v) is 13.1. The van der Waals surface area contributed by atoms with Gasteiger partial charge in [0.15, 0.2) is 0 Å². The zero-order valence-electron chi connectivity index (χ0n) is 11.4. The Bertz CT molecular complexity index is 470. The van der Waals surface area contributed by atoms with Crippen LogP contribution in [0.5, 0.6) is 0 Å². The van der Waals surface area contributed by atoms with Crippen LogP contribution in [0.4, 0.5) is 0 Å². The monoisotopic (exact) mass is 317 g/mol. The summed E-state index contributed by atoms with van der Waals surface area (Å²) in [4.78, 5) is 27.1. The van der Waals surface area contributed by atoms with Gasteiger partial charge in [-0.1, -0.05) is 0 Å². The number of hydrogen-bond acceptors (Lipinski definition) is 4. The van der Waals surface area contributed by atoms with Gasteiger partial charge in [0.1, 0.15) is 0 Å². The van der Waals surface area contributed by atoms with Crippen molar-refractivity contribution in [3.63, 3.8) is 0 Å². The fourth-order valence-corrected chi connectivity index (χ4v) is 2.99. The van der Waals surface area contributed by atoms with Crippen molar-refractivity contribution in [3.8, 4) is 0 Å². The highest BCUT2D eigenvalue weighted by Gasteiger charge is 2.23. The number of nitrogens with one attached hydrogen (secondary N) is 1. The molecule has 5 nitrogen and oxygen atoms in total. The summed E-state index contributed by atoms with van der Waals surface area (Å²) < 4.78 is 0. The van der Waals surface area contributed by atoms with Gasteiger partial charge in [-0.3, -0.25) is 9.59 Å². The molecular weight excluding hydrogens is 298 g/mol. The molecule has 1 aliphatic heterocycles. The average molecular weight is 318 g/mol. The van der Waals surface area contributed by atoms with Gasteiger partial charge in [-0.2, -0.15) is 0 Å². The maximum absolute atomic E-state index is 12.0. The average Bonchev–Trinajstić information content (AvgIpc) is 2.85. The number of aryl methyl sites for hydroxylation is 1. The van der Waals surface area contributed by atoms with Crippen molar-refractivity contribution in [2.75, 3.05) is 19.6 Å². The predicted octanol–water partition coefficient (Wildman–Crippen LogP) is 1.16. The topological polar surface area (TPSA) is 75.4 Å². The van der Waals surface area contributed by atoms with E-state index < -0.39 is 0 Å². The zero-order chi connectivity index (χ0) is 13.8. The summed E-state index contributed by atoms with van der Waals surface area (Å²) in [6.07, 6.45) is 1.59. The Morgan fingerprint density at radius 3 is 2.55 bits per heavy atom. The van der Waals surface area contributed by atoms with E-state index in [9.17, 15) is 9.59 Å². The fourth-order valence-electron chi connectivity index (χ4n) is 2.22. The summed E-state index contributed by atoms with van der Waals surface area (Å²) in [6, 6.07) is 3.95. The van der Waals surface area contributed by atoms with E-state index >= 15 is 0 Å². The first kappa shape index (κ1) is 16.9. The largest absolute Gasteiger partial charge is 0.348 e. The molecule has 0 atom stereocenters. The number of likely N-dealkylation sites (tertiary alicyclic amines) is 1. The number of carbonyl (C=O) groups excluding carboxylic acids is 2. The Morgan fingerprint density at radius 1 is 1.40 bits per heavy atom. The van der Waals surface area contributed by atoms with Gasteiger partial charge < -0.3 is 16.0 Å². The third-order valence-corrected chi connectivity index (χ3v) is 4.32. The van der Waals surface area contributed by atoms with E-state index in [0.29, 0.717) is 13.1 Å². The molecule has 0 radical (unpaired) electrons. The van der Waals surface area contributed by atoms with E-state index in [1.807, 2.05) is 19.1 Å². The van der Waals surface area contributed by atoms with Gasteiger partial charge in [0, 0.05) is 24.0 Å². The number of rotatable bonds is 3. The summed E-state index contributed by atoms with van der Waals surface area (Å²) in [5.74, 6) is -0.0274. The number of nitrogens with two attached hydrogens (primary N) is 1. The van der Waals surface area contributed by atoms with Crippen molar-refractivity contribution in [3.05, 3.63) is 21.9 Å². The SMILES string of the molecule is Cc1ccc(C(=O)NC2CCN(C(=O)CN)CC2)s1.Cl. The molecule has 1 aromatic heterocycles. The molecule has 0 aromatic carbocycles. The van der Waals surface area contributed by atoms with Crippen molar-refractivity contribution in [1.82, 2.24) is 10.2 Å². The maximum atomic E-state index is 12.0. The fraction of sp³-hybridized carbons (Fsp3) is 0.538. The number of nitrogens with zero attached hydrogens (tertiary/aromatic N) is 1. The second-order valence-electron chi connectivity index (χ2n) is 4.74. The molecule has 2 heterocycles. The molecule has 1 saturated heterocycles. The maximum Gasteiger partial charge on any atom is 0.261 e. The van der Waals surface area contributed by atoms with Gasteiger partial charge in [0.25, 0.3) is 5.91 Å². The van der Waals surface area contributed by atoms with Gasteiger partial charge in [0.05, 0.1) is 11.4 Å². The Hall–Kier alpha value is -1.11. The first-order chi connectivity index (χ1) is 9.10. The van der Waals surface area contributed by atoms with Crippen molar-refractivity contribution in [2.24, 2.45) is 5.73 Å². The molecule has 2 rings (SSSR count). The first-order valence-corrected chi connectivity index (χ1v) is 7.27. The number of halogens is 1. The van der Waals surface area contributed by atoms with Crippen LogP contribution in [0.1, 0.15) is 27.4 Å². The van der Waals surface area contributed by atoms with Crippen LogP contribution in [-0.2, 0) is 4.79 Å². The molecule has 0 spiro atoms. The summed E-state index contributed by atoms with van der Waals surface area (Å²) >= 11 is 1.50. The Kier molecular flexibility index (Phi) is 6.45. The lowest BCUT2D eigenvalue weighted by Gasteiger charge is -2.32. The molecule has 0 saturated carbocycles. The minimum Gasteiger partial charge on any atom is -0.348 e. The highest BCUT2D eigenvalue weighted by atomic mass is 35.5. The highest BCUT2D eigenvalue weighted by Crippen LogP contribution is 2.16. The molecule has 0 aliphatic carbocycles. The van der Waals surface area contributed by atoms with E-state index in [2.05, 4.69) is 5.32 Å². The molecule has 20 heavy (non-hydrogen) atoms. The minimum atomic E-state index is -0.0151. The molecule has 112 valence electrons. The van der Waals surface area contributed by atoms with E-state index in [4.69, 9.17) is 5.73 Å². The lowest BCUT2D eigenvalue weighted by Crippen LogP contribution is -2.47. The number of piperidine rings is 1. The van der Waals surface area contributed by atoms with Crippen LogP contribution in [0.25, 0.3) is 0 Å². The second kappa shape index (κ2) is 7.61. The van der Waals surface area contributed by atoms with Crippen molar-refractivity contribution in [2.45, 2.75) is 25.8 Å². The summed E-state index contributed by atoms with van der Waals surface area (Å²) in [7, 11) is 0. The molecule has 1 aromatic rings. The molecule has 0 unspecified atom stereocenters. The van der Waals surface area contributed by atoms with Crippen LogP contribution in [0.3, 0.4) is 0 Å². The van der Waals surface area contributed by atoms with Crippen LogP contribution in [0.2, 0.25) is 0 Å². The van der Waals surface area contributed by atoms with Gasteiger partial charge in [-0.25, -0.2) is 0 Å². The van der Waals surface area contributed by atoms with Gasteiger partial charge in [-0.05, 0) is 31.9 Å². The van der Waals surface area contributed by atoms with E-state index in [1.54, 1.807) is 4.90 Å². The van der Waals surface area contributed by atoms with Crippen molar-refractivity contribution >= 4 is 35.6 Å². The molecule has 2 amide bonds. The van der Waals surface area contributed by atoms with Gasteiger partial charge in [-0.15, -0.1) is 23.7 Å². The summed E-state index contributed by atoms with van der Waals surface area (Å²) in [5.41, 5.74) is 5.34. The predicted molar refractivity (Wildman–Crippen MR) is 82.4 cm³/mol. The Labute approximate surface area is 128 Å². The standard InChI is InChI=1S/C13H19N3O2S.ClH/c1-9-2-3-11(19-9)13(18)15-10-4-6-16(7-5-10)12(17)8-14;/h2-3,10H,4-8,14H2,1H3,(H,15,18);1H.